The number of anilines is 1. The van der Waals surface area contributed by atoms with Gasteiger partial charge in [-0.1, -0.05) is 152 Å². The molecule has 5 aromatic rings. The summed E-state index contributed by atoms with van der Waals surface area (Å²) in [5.74, 6) is 0.916. The second-order valence-corrected chi connectivity index (χ2v) is 14.9. The van der Waals surface area contributed by atoms with Crippen LogP contribution in [0.5, 0.6) is 0 Å². The topological polar surface area (TPSA) is 3.24 Å². The molecule has 0 amide bonds. The van der Waals surface area contributed by atoms with Gasteiger partial charge in [-0.3, -0.25) is 0 Å². The number of fused-ring (bicyclic) bond motifs is 2. The highest BCUT2D eigenvalue weighted by Gasteiger charge is 2.22. The fourth-order valence-corrected chi connectivity index (χ4v) is 8.16. The van der Waals surface area contributed by atoms with Gasteiger partial charge in [0.15, 0.2) is 0 Å². The van der Waals surface area contributed by atoms with Crippen LogP contribution in [-0.4, -0.2) is 0 Å². The van der Waals surface area contributed by atoms with E-state index in [4.69, 9.17) is 0 Å². The second-order valence-electron chi connectivity index (χ2n) is 14.9. The molecule has 3 aliphatic rings. The Morgan fingerprint density at radius 3 is 2.32 bits per heavy atom. The lowest BCUT2D eigenvalue weighted by Gasteiger charge is -2.31. The first-order valence-corrected chi connectivity index (χ1v) is 19.0. The number of allylic oxidation sites excluding steroid dienone is 8. The summed E-state index contributed by atoms with van der Waals surface area (Å²) in [5.41, 5.74) is 14.8. The molecule has 0 aromatic heterocycles. The molecule has 0 bridgehead atoms. The van der Waals surface area contributed by atoms with Gasteiger partial charge < -0.3 is 4.90 Å². The van der Waals surface area contributed by atoms with Gasteiger partial charge in [-0.05, 0) is 131 Å². The van der Waals surface area contributed by atoms with E-state index in [0.29, 0.717) is 11.8 Å². The highest BCUT2D eigenvalue weighted by Crippen LogP contribution is 2.34. The zero-order chi connectivity index (χ0) is 36.5. The zero-order valence-electron chi connectivity index (χ0n) is 31.3. The normalized spacial score (nSPS) is 18.5. The van der Waals surface area contributed by atoms with Crippen LogP contribution in [0.15, 0.2) is 175 Å². The van der Waals surface area contributed by atoms with E-state index >= 15 is 0 Å². The molecule has 8 rings (SSSR count). The van der Waals surface area contributed by atoms with Gasteiger partial charge in [0, 0.05) is 22.5 Å². The first-order valence-electron chi connectivity index (χ1n) is 19.0. The summed E-state index contributed by atoms with van der Waals surface area (Å²) in [6, 6.07) is 42.6. The van der Waals surface area contributed by atoms with Crippen molar-refractivity contribution in [1.82, 2.24) is 0 Å². The fraction of sp³-hybridized carbons (Fsp3) is 0.154. The Bertz CT molecular complexity index is 2610. The maximum Gasteiger partial charge on any atom is 0.0612 e. The number of hydrogen-bond donors (Lipinski definition) is 0. The summed E-state index contributed by atoms with van der Waals surface area (Å²) in [7, 11) is 0. The Morgan fingerprint density at radius 2 is 1.55 bits per heavy atom. The number of benzene rings is 5. The van der Waals surface area contributed by atoms with E-state index in [-0.39, 0.29) is 0 Å². The lowest BCUT2D eigenvalue weighted by Crippen LogP contribution is -2.35. The molecule has 53 heavy (non-hydrogen) atoms. The molecule has 3 aliphatic carbocycles. The molecule has 2 atom stereocenters. The lowest BCUT2D eigenvalue weighted by atomic mass is 9.79. The summed E-state index contributed by atoms with van der Waals surface area (Å²) in [4.78, 5) is 2.45. The predicted molar refractivity (Wildman–Crippen MR) is 227 cm³/mol. The first kappa shape index (κ1) is 34.2. The van der Waals surface area contributed by atoms with Gasteiger partial charge in [-0.2, -0.15) is 0 Å². The third-order valence-electron chi connectivity index (χ3n) is 10.8. The fourth-order valence-electron chi connectivity index (χ4n) is 8.16. The van der Waals surface area contributed by atoms with E-state index in [1.54, 1.807) is 0 Å². The van der Waals surface area contributed by atoms with E-state index in [9.17, 15) is 0 Å². The SMILES string of the molecule is C=CC1=CC(C)=CC2CC=c3ccc(-c4cc(C)cc(/C=c5\cccc\c5=C(\c5ccccc5)N(C5=CCC(C)C=C5)c5ccc(C)cc5)c4)cc3=C12. The molecule has 5 aromatic carbocycles. The standard InChI is InChI=1S/C52H47N/c1-6-40-29-38(5)30-45-23-21-41-20-22-43(34-50(41)51(40)45)46-31-37(4)28-39(33-46)32-44-14-10-11-15-49(44)52(42-12-8-7-9-13-42)53(47-24-16-35(2)17-25-47)48-26-18-36(3)19-27-48/h6-18,20-22,24-34,36,45H,1,19,23H2,2-5H3/b44-32+,52-49+. The Kier molecular flexibility index (Phi) is 9.42. The van der Waals surface area contributed by atoms with Crippen molar-refractivity contribution in [3.05, 3.63) is 218 Å². The minimum Gasteiger partial charge on any atom is -0.310 e. The van der Waals surface area contributed by atoms with E-state index in [0.717, 1.165) is 18.5 Å². The summed E-state index contributed by atoms with van der Waals surface area (Å²) in [6.45, 7) is 13.0. The van der Waals surface area contributed by atoms with Crippen LogP contribution in [0.4, 0.5) is 5.69 Å². The highest BCUT2D eigenvalue weighted by atomic mass is 15.2. The van der Waals surface area contributed by atoms with Crippen molar-refractivity contribution in [1.29, 1.82) is 0 Å². The highest BCUT2D eigenvalue weighted by molar-refractivity contribution is 5.84. The quantitative estimate of drug-likeness (QED) is 0.165. The molecule has 260 valence electrons. The van der Waals surface area contributed by atoms with Crippen LogP contribution >= 0.6 is 0 Å². The molecule has 2 unspecified atom stereocenters. The first-order chi connectivity index (χ1) is 25.8. The number of aryl methyl sites for hydroxylation is 2. The molecular weight excluding hydrogens is 639 g/mol. The van der Waals surface area contributed by atoms with Gasteiger partial charge in [0.1, 0.15) is 0 Å². The Labute approximate surface area is 314 Å². The van der Waals surface area contributed by atoms with E-state index in [1.807, 2.05) is 6.08 Å². The zero-order valence-corrected chi connectivity index (χ0v) is 31.3. The van der Waals surface area contributed by atoms with Crippen molar-refractivity contribution in [2.45, 2.75) is 40.5 Å². The summed E-state index contributed by atoms with van der Waals surface area (Å²) in [6.07, 6.45) is 20.5. The molecule has 0 heterocycles. The predicted octanol–water partition coefficient (Wildman–Crippen LogP) is 9.97. The van der Waals surface area contributed by atoms with E-state index in [2.05, 4.69) is 197 Å². The summed E-state index contributed by atoms with van der Waals surface area (Å²) < 4.78 is 0. The van der Waals surface area contributed by atoms with Crippen LogP contribution in [-0.2, 0) is 0 Å². The van der Waals surface area contributed by atoms with E-state index in [1.165, 1.54) is 82.4 Å². The molecule has 1 nitrogen and oxygen atoms in total. The van der Waals surface area contributed by atoms with Crippen molar-refractivity contribution in [3.63, 3.8) is 0 Å². The summed E-state index contributed by atoms with van der Waals surface area (Å²) >= 11 is 0. The van der Waals surface area contributed by atoms with Crippen molar-refractivity contribution in [2.24, 2.45) is 11.8 Å². The van der Waals surface area contributed by atoms with E-state index < -0.39 is 0 Å². The lowest BCUT2D eigenvalue weighted by molar-refractivity contribution is 0.728. The average Bonchev–Trinajstić information content (AvgIpc) is 3.17. The third kappa shape index (κ3) is 7.00. The van der Waals surface area contributed by atoms with Crippen molar-refractivity contribution in [3.8, 4) is 11.1 Å². The minimum atomic E-state index is 0.395. The molecule has 0 radical (unpaired) electrons. The van der Waals surface area contributed by atoms with Crippen LogP contribution in [0.1, 0.15) is 48.9 Å². The van der Waals surface area contributed by atoms with Crippen molar-refractivity contribution < 1.29 is 0 Å². The molecular formula is C52H47N. The van der Waals surface area contributed by atoms with Gasteiger partial charge in [-0.15, -0.1) is 0 Å². The molecule has 0 spiro atoms. The minimum absolute atomic E-state index is 0.395. The molecule has 0 fully saturated rings. The third-order valence-corrected chi connectivity index (χ3v) is 10.8. The van der Waals surface area contributed by atoms with Crippen LogP contribution in [0, 0.1) is 25.7 Å². The Morgan fingerprint density at radius 1 is 0.755 bits per heavy atom. The van der Waals surface area contributed by atoms with Gasteiger partial charge >= 0.3 is 0 Å². The molecule has 0 saturated carbocycles. The second kappa shape index (κ2) is 14.6. The van der Waals surface area contributed by atoms with Gasteiger partial charge in [0.05, 0.1) is 5.70 Å². The molecule has 0 aliphatic heterocycles. The molecule has 0 saturated heterocycles. The van der Waals surface area contributed by atoms with Crippen LogP contribution < -0.4 is 25.8 Å². The Balaban J connectivity index is 1.33. The average molecular weight is 686 g/mol. The number of hydrogen-bond acceptors (Lipinski definition) is 1. The van der Waals surface area contributed by atoms with Crippen LogP contribution in [0.2, 0.25) is 0 Å². The Hall–Kier alpha value is -5.92. The largest absolute Gasteiger partial charge is 0.310 e. The van der Waals surface area contributed by atoms with Crippen molar-refractivity contribution >= 4 is 29.1 Å². The van der Waals surface area contributed by atoms with Gasteiger partial charge in [-0.25, -0.2) is 0 Å². The van der Waals surface area contributed by atoms with Crippen molar-refractivity contribution in [2.75, 3.05) is 4.90 Å². The smallest absolute Gasteiger partial charge is 0.0612 e. The van der Waals surface area contributed by atoms with Crippen LogP contribution in [0.25, 0.3) is 34.5 Å². The van der Waals surface area contributed by atoms with Crippen LogP contribution in [0.3, 0.4) is 0 Å². The maximum absolute atomic E-state index is 4.18. The monoisotopic (exact) mass is 685 g/mol. The maximum atomic E-state index is 4.18. The summed E-state index contributed by atoms with van der Waals surface area (Å²) in [5, 5.41) is 5.00. The number of rotatable bonds is 7. The molecule has 0 N–H and O–H groups in total. The number of nitrogens with zero attached hydrogens (tertiary/aromatic N) is 1. The molecule has 1 heteroatoms. The van der Waals surface area contributed by atoms with Gasteiger partial charge in [0.2, 0.25) is 0 Å². The van der Waals surface area contributed by atoms with Gasteiger partial charge in [0.25, 0.3) is 0 Å².